The lowest BCUT2D eigenvalue weighted by Gasteiger charge is -2.16. The molecule has 5 heteroatoms. The summed E-state index contributed by atoms with van der Waals surface area (Å²) >= 11 is 1.58. The van der Waals surface area contributed by atoms with Crippen LogP contribution >= 0.6 is 11.3 Å². The zero-order valence-electron chi connectivity index (χ0n) is 12.1. The van der Waals surface area contributed by atoms with E-state index in [0.29, 0.717) is 32.7 Å². The summed E-state index contributed by atoms with van der Waals surface area (Å²) in [6.07, 6.45) is 1.30. The first-order valence-electron chi connectivity index (χ1n) is 6.75. The summed E-state index contributed by atoms with van der Waals surface area (Å²) in [6.45, 7) is 4.29. The number of nitrogens with zero attached hydrogens (tertiary/aromatic N) is 1. The van der Waals surface area contributed by atoms with Crippen molar-refractivity contribution in [3.8, 4) is 11.8 Å². The summed E-state index contributed by atoms with van der Waals surface area (Å²) in [4.78, 5) is 14.7. The maximum Gasteiger partial charge on any atom is 0.222 e. The molecule has 0 bridgehead atoms. The molecule has 0 fully saturated rings. The van der Waals surface area contributed by atoms with E-state index in [0.717, 1.165) is 16.9 Å². The molecule has 4 nitrogen and oxygen atoms in total. The van der Waals surface area contributed by atoms with Crippen molar-refractivity contribution < 1.29 is 9.53 Å². The highest BCUT2D eigenvalue weighted by atomic mass is 32.1. The van der Waals surface area contributed by atoms with Crippen molar-refractivity contribution >= 4 is 17.2 Å². The highest BCUT2D eigenvalue weighted by Gasteiger charge is 2.09. The molecule has 1 heterocycles. The van der Waals surface area contributed by atoms with Crippen LogP contribution < -0.4 is 5.73 Å². The second-order valence-electron chi connectivity index (χ2n) is 4.38. The van der Waals surface area contributed by atoms with Crippen LogP contribution in [0.3, 0.4) is 0 Å². The molecule has 1 aromatic rings. The van der Waals surface area contributed by atoms with Gasteiger partial charge in [-0.05, 0) is 30.4 Å². The van der Waals surface area contributed by atoms with E-state index in [1.165, 1.54) is 0 Å². The van der Waals surface area contributed by atoms with E-state index in [9.17, 15) is 4.79 Å². The molecule has 1 amide bonds. The van der Waals surface area contributed by atoms with Gasteiger partial charge in [-0.25, -0.2) is 0 Å². The lowest BCUT2D eigenvalue weighted by Crippen LogP contribution is -2.25. The first-order valence-corrected chi connectivity index (χ1v) is 7.63. The van der Waals surface area contributed by atoms with Gasteiger partial charge in [0.05, 0.1) is 11.4 Å². The summed E-state index contributed by atoms with van der Waals surface area (Å²) < 4.78 is 5.23. The summed E-state index contributed by atoms with van der Waals surface area (Å²) in [7, 11) is 1.83. The van der Waals surface area contributed by atoms with Crippen molar-refractivity contribution in [1.29, 1.82) is 0 Å². The van der Waals surface area contributed by atoms with Crippen LogP contribution in [0.5, 0.6) is 0 Å². The Bertz CT molecular complexity index is 474. The van der Waals surface area contributed by atoms with Crippen LogP contribution in [0.4, 0.5) is 0 Å². The van der Waals surface area contributed by atoms with Crippen LogP contribution in [0.1, 0.15) is 30.2 Å². The second-order valence-corrected chi connectivity index (χ2v) is 5.29. The van der Waals surface area contributed by atoms with E-state index in [-0.39, 0.29) is 5.91 Å². The molecule has 0 aliphatic heterocycles. The fourth-order valence-electron chi connectivity index (χ4n) is 1.68. The number of thiophene rings is 1. The van der Waals surface area contributed by atoms with Crippen LogP contribution in [0.25, 0.3) is 0 Å². The molecule has 0 atom stereocenters. The predicted octanol–water partition coefficient (Wildman–Crippen LogP) is 1.83. The average Bonchev–Trinajstić information content (AvgIpc) is 2.88. The number of rotatable bonds is 7. The predicted molar refractivity (Wildman–Crippen MR) is 82.5 cm³/mol. The van der Waals surface area contributed by atoms with Crippen molar-refractivity contribution in [3.05, 3.63) is 21.9 Å². The molecule has 0 saturated carbocycles. The highest BCUT2D eigenvalue weighted by molar-refractivity contribution is 7.10. The zero-order chi connectivity index (χ0) is 14.8. The Balaban J connectivity index is 2.39. The molecule has 0 radical (unpaired) electrons. The van der Waals surface area contributed by atoms with Gasteiger partial charge >= 0.3 is 0 Å². The van der Waals surface area contributed by atoms with Gasteiger partial charge in [0, 0.05) is 33.2 Å². The third-order valence-electron chi connectivity index (χ3n) is 2.70. The molecular weight excluding hydrogens is 272 g/mol. The summed E-state index contributed by atoms with van der Waals surface area (Å²) in [5.74, 6) is 5.97. The van der Waals surface area contributed by atoms with E-state index in [1.54, 1.807) is 16.2 Å². The average molecular weight is 294 g/mol. The van der Waals surface area contributed by atoms with Gasteiger partial charge in [-0.3, -0.25) is 4.79 Å². The molecule has 0 saturated heterocycles. The lowest BCUT2D eigenvalue weighted by molar-refractivity contribution is -0.130. The molecule has 1 rings (SSSR count). The molecule has 2 N–H and O–H groups in total. The number of carbonyl (C=O) groups is 1. The summed E-state index contributed by atoms with van der Waals surface area (Å²) in [5.41, 5.74) is 6.45. The van der Waals surface area contributed by atoms with Gasteiger partial charge in [-0.1, -0.05) is 11.8 Å². The number of amides is 1. The van der Waals surface area contributed by atoms with Gasteiger partial charge in [0.15, 0.2) is 0 Å². The van der Waals surface area contributed by atoms with Crippen LogP contribution in [-0.4, -0.2) is 37.6 Å². The Morgan fingerprint density at radius 3 is 3.05 bits per heavy atom. The minimum absolute atomic E-state index is 0.144. The Labute approximate surface area is 124 Å². The second kappa shape index (κ2) is 9.54. The van der Waals surface area contributed by atoms with Crippen molar-refractivity contribution in [2.24, 2.45) is 5.73 Å². The van der Waals surface area contributed by atoms with Crippen LogP contribution in [-0.2, 0) is 16.1 Å². The molecular formula is C15H22N2O2S. The van der Waals surface area contributed by atoms with Crippen LogP contribution in [0, 0.1) is 11.8 Å². The third kappa shape index (κ3) is 6.20. The topological polar surface area (TPSA) is 55.6 Å². The van der Waals surface area contributed by atoms with Gasteiger partial charge in [-0.15, -0.1) is 11.3 Å². The normalized spacial score (nSPS) is 9.95. The van der Waals surface area contributed by atoms with E-state index in [1.807, 2.05) is 25.4 Å². The van der Waals surface area contributed by atoms with E-state index >= 15 is 0 Å². The number of carbonyl (C=O) groups excluding carboxylic acids is 1. The molecule has 0 spiro atoms. The minimum atomic E-state index is 0.144. The van der Waals surface area contributed by atoms with Crippen LogP contribution in [0.15, 0.2) is 11.4 Å². The number of hydrogen-bond donors (Lipinski definition) is 1. The van der Waals surface area contributed by atoms with Crippen molar-refractivity contribution in [3.63, 3.8) is 0 Å². The van der Waals surface area contributed by atoms with Gasteiger partial charge in [-0.2, -0.15) is 0 Å². The fraction of sp³-hybridized carbons (Fsp3) is 0.533. The molecule has 0 aliphatic carbocycles. The third-order valence-corrected chi connectivity index (χ3v) is 3.59. The van der Waals surface area contributed by atoms with E-state index < -0.39 is 0 Å². The standard InChI is InChI=1S/C15H22N2O2S/c1-3-19-9-5-7-15(18)17(2)11-13-10-14(20-12-13)6-4-8-16/h10,12H,3,5,7-9,11,16H2,1-2H3. The molecule has 0 unspecified atom stereocenters. The first-order chi connectivity index (χ1) is 9.67. The van der Waals surface area contributed by atoms with Gasteiger partial charge in [0.25, 0.3) is 0 Å². The Kier molecular flexibility index (Phi) is 7.97. The van der Waals surface area contributed by atoms with Crippen LogP contribution in [0.2, 0.25) is 0 Å². The van der Waals surface area contributed by atoms with Gasteiger partial charge < -0.3 is 15.4 Å². The van der Waals surface area contributed by atoms with E-state index in [2.05, 4.69) is 11.8 Å². The Morgan fingerprint density at radius 1 is 1.55 bits per heavy atom. The van der Waals surface area contributed by atoms with Crippen molar-refractivity contribution in [2.75, 3.05) is 26.8 Å². The molecule has 0 aliphatic rings. The molecule has 0 aromatic carbocycles. The molecule has 110 valence electrons. The largest absolute Gasteiger partial charge is 0.382 e. The maximum absolute atomic E-state index is 11.9. The number of hydrogen-bond acceptors (Lipinski definition) is 4. The SMILES string of the molecule is CCOCCCC(=O)N(C)Cc1csc(C#CCN)c1. The quantitative estimate of drug-likeness (QED) is 0.616. The monoisotopic (exact) mass is 294 g/mol. The summed E-state index contributed by atoms with van der Waals surface area (Å²) in [5, 5.41) is 2.03. The lowest BCUT2D eigenvalue weighted by atomic mass is 10.2. The molecule has 20 heavy (non-hydrogen) atoms. The smallest absolute Gasteiger partial charge is 0.222 e. The zero-order valence-corrected chi connectivity index (χ0v) is 13.0. The van der Waals surface area contributed by atoms with Crippen molar-refractivity contribution in [2.45, 2.75) is 26.3 Å². The minimum Gasteiger partial charge on any atom is -0.382 e. The fourth-order valence-corrected chi connectivity index (χ4v) is 2.46. The highest BCUT2D eigenvalue weighted by Crippen LogP contribution is 2.15. The number of nitrogens with two attached hydrogens (primary N) is 1. The molecule has 1 aromatic heterocycles. The van der Waals surface area contributed by atoms with Gasteiger partial charge in [0.2, 0.25) is 5.91 Å². The number of ether oxygens (including phenoxy) is 1. The summed E-state index contributed by atoms with van der Waals surface area (Å²) in [6, 6.07) is 2.01. The maximum atomic E-state index is 11.9. The first kappa shape index (κ1) is 16.7. The Hall–Kier alpha value is -1.35. The van der Waals surface area contributed by atoms with E-state index in [4.69, 9.17) is 10.5 Å². The van der Waals surface area contributed by atoms with Gasteiger partial charge in [0.1, 0.15) is 0 Å². The van der Waals surface area contributed by atoms with Crippen molar-refractivity contribution in [1.82, 2.24) is 4.90 Å². The Morgan fingerprint density at radius 2 is 2.35 bits per heavy atom.